The minimum atomic E-state index is -0.549. The second kappa shape index (κ2) is 5.61. The Morgan fingerprint density at radius 3 is 3.05 bits per heavy atom. The molecule has 0 unspecified atom stereocenters. The molecule has 3 rings (SSSR count). The Morgan fingerprint density at radius 2 is 2.38 bits per heavy atom. The minimum absolute atomic E-state index is 0.0280. The fraction of sp³-hybridized carbons (Fsp3) is 0.467. The van der Waals surface area contributed by atoms with Crippen LogP contribution >= 0.6 is 11.3 Å². The van der Waals surface area contributed by atoms with Gasteiger partial charge in [0.15, 0.2) is 5.82 Å². The van der Waals surface area contributed by atoms with E-state index in [1.807, 2.05) is 48.3 Å². The van der Waals surface area contributed by atoms with Crippen LogP contribution in [0.2, 0.25) is 0 Å². The van der Waals surface area contributed by atoms with Crippen LogP contribution in [0.5, 0.6) is 0 Å². The van der Waals surface area contributed by atoms with Gasteiger partial charge in [-0.3, -0.25) is 9.48 Å². The second-order valence-corrected chi connectivity index (χ2v) is 6.83. The molecule has 1 fully saturated rings. The molecule has 5 nitrogen and oxygen atoms in total. The highest BCUT2D eigenvalue weighted by atomic mass is 32.1. The van der Waals surface area contributed by atoms with E-state index in [4.69, 9.17) is 0 Å². The van der Waals surface area contributed by atoms with Gasteiger partial charge in [-0.05, 0) is 38.3 Å². The van der Waals surface area contributed by atoms with Gasteiger partial charge in [0.05, 0.1) is 11.5 Å². The first-order valence-corrected chi connectivity index (χ1v) is 8.06. The summed E-state index contributed by atoms with van der Waals surface area (Å²) < 4.78 is 1.94. The lowest BCUT2D eigenvalue weighted by Crippen LogP contribution is -2.34. The Balaban J connectivity index is 1.70. The maximum absolute atomic E-state index is 12.5. The highest BCUT2D eigenvalue weighted by Crippen LogP contribution is 2.28. The first-order valence-electron chi connectivity index (χ1n) is 7.18. The third-order valence-electron chi connectivity index (χ3n) is 3.96. The van der Waals surface area contributed by atoms with E-state index in [1.165, 1.54) is 0 Å². The summed E-state index contributed by atoms with van der Waals surface area (Å²) in [6, 6.07) is 6.21. The van der Waals surface area contributed by atoms with Crippen molar-refractivity contribution in [2.45, 2.75) is 31.7 Å². The summed E-state index contributed by atoms with van der Waals surface area (Å²) in [6.07, 6.45) is 3.02. The maximum atomic E-state index is 12.5. The number of aromatic nitrogens is 2. The summed E-state index contributed by atoms with van der Waals surface area (Å²) in [5.41, 5.74) is -0.549. The Kier molecular flexibility index (Phi) is 3.82. The van der Waals surface area contributed by atoms with E-state index in [-0.39, 0.29) is 5.91 Å². The van der Waals surface area contributed by atoms with Crippen LogP contribution in [0.15, 0.2) is 29.8 Å². The molecule has 1 aliphatic heterocycles. The zero-order valence-electron chi connectivity index (χ0n) is 12.3. The minimum Gasteiger partial charge on any atom is -0.315 e. The number of hydrogen-bond donors (Lipinski definition) is 2. The van der Waals surface area contributed by atoms with E-state index in [2.05, 4.69) is 15.7 Å². The quantitative estimate of drug-likeness (QED) is 0.912. The van der Waals surface area contributed by atoms with Crippen LogP contribution in [0.3, 0.4) is 0 Å². The Morgan fingerprint density at radius 1 is 1.52 bits per heavy atom. The molecule has 1 aliphatic rings. The highest BCUT2D eigenvalue weighted by molar-refractivity contribution is 7.10. The van der Waals surface area contributed by atoms with E-state index in [0.717, 1.165) is 24.4 Å². The molecule has 2 N–H and O–H groups in total. The third-order valence-corrected chi connectivity index (χ3v) is 5.16. The van der Waals surface area contributed by atoms with Gasteiger partial charge in [0.1, 0.15) is 0 Å². The van der Waals surface area contributed by atoms with Crippen molar-refractivity contribution in [3.8, 4) is 0 Å². The lowest BCUT2D eigenvalue weighted by atomic mass is 9.90. The van der Waals surface area contributed by atoms with Crippen molar-refractivity contribution in [1.29, 1.82) is 0 Å². The van der Waals surface area contributed by atoms with Crippen LogP contribution in [0, 0.1) is 0 Å². The number of thiophene rings is 1. The molecule has 0 spiro atoms. The Bertz CT molecular complexity index is 611. The zero-order chi connectivity index (χ0) is 14.9. The highest BCUT2D eigenvalue weighted by Gasteiger charge is 2.31. The standard InChI is InChI=1S/C15H20N4OS/c1-15(2,12-4-3-9-21-12)14(20)17-13-6-8-19(18-13)11-5-7-16-10-11/h3-4,6,8-9,11,16H,5,7,10H2,1-2H3,(H,17,18,20)/t11-/m0/s1. The van der Waals surface area contributed by atoms with E-state index >= 15 is 0 Å². The first kappa shape index (κ1) is 14.3. The van der Waals surface area contributed by atoms with Gasteiger partial charge >= 0.3 is 0 Å². The second-order valence-electron chi connectivity index (χ2n) is 5.88. The van der Waals surface area contributed by atoms with Crippen molar-refractivity contribution >= 4 is 23.1 Å². The average Bonchev–Trinajstić information content (AvgIpc) is 3.20. The summed E-state index contributed by atoms with van der Waals surface area (Å²) in [7, 11) is 0. The van der Waals surface area contributed by atoms with Gasteiger partial charge in [-0.2, -0.15) is 5.10 Å². The summed E-state index contributed by atoms with van der Waals surface area (Å²) >= 11 is 1.60. The van der Waals surface area contributed by atoms with Crippen LogP contribution in [0.1, 0.15) is 31.2 Å². The molecule has 3 heterocycles. The molecule has 2 aromatic rings. The molecule has 0 saturated carbocycles. The van der Waals surface area contributed by atoms with Gasteiger partial charge in [0.25, 0.3) is 0 Å². The van der Waals surface area contributed by atoms with Crippen LogP contribution < -0.4 is 10.6 Å². The third kappa shape index (κ3) is 2.87. The number of anilines is 1. The average molecular weight is 304 g/mol. The topological polar surface area (TPSA) is 59.0 Å². The summed E-state index contributed by atoms with van der Waals surface area (Å²) in [5, 5.41) is 12.7. The van der Waals surface area contributed by atoms with E-state index in [1.54, 1.807) is 11.3 Å². The van der Waals surface area contributed by atoms with Crippen molar-refractivity contribution in [3.63, 3.8) is 0 Å². The number of nitrogens with one attached hydrogen (secondary N) is 2. The predicted octanol–water partition coefficient (Wildman–Crippen LogP) is 2.40. The van der Waals surface area contributed by atoms with Gasteiger partial charge in [0, 0.05) is 23.7 Å². The molecule has 1 atom stereocenters. The fourth-order valence-electron chi connectivity index (χ4n) is 2.49. The summed E-state index contributed by atoms with van der Waals surface area (Å²) in [6.45, 7) is 5.84. The Hall–Kier alpha value is -1.66. The Labute approximate surface area is 128 Å². The van der Waals surface area contributed by atoms with Crippen molar-refractivity contribution < 1.29 is 4.79 Å². The fourth-order valence-corrected chi connectivity index (χ4v) is 3.34. The molecule has 6 heteroatoms. The smallest absolute Gasteiger partial charge is 0.236 e. The number of carbonyl (C=O) groups is 1. The van der Waals surface area contributed by atoms with E-state index in [0.29, 0.717) is 11.9 Å². The maximum Gasteiger partial charge on any atom is 0.236 e. The molecule has 0 aromatic carbocycles. The number of hydrogen-bond acceptors (Lipinski definition) is 4. The van der Waals surface area contributed by atoms with Crippen LogP contribution in [0.4, 0.5) is 5.82 Å². The van der Waals surface area contributed by atoms with Gasteiger partial charge in [-0.25, -0.2) is 0 Å². The molecule has 0 radical (unpaired) electrons. The van der Waals surface area contributed by atoms with Crippen molar-refractivity contribution in [1.82, 2.24) is 15.1 Å². The molecule has 0 aliphatic carbocycles. The van der Waals surface area contributed by atoms with Gasteiger partial charge in [0.2, 0.25) is 5.91 Å². The SMILES string of the molecule is CC(C)(C(=O)Nc1ccn([C@H]2CCNC2)n1)c1cccs1. The predicted molar refractivity (Wildman–Crippen MR) is 84.7 cm³/mol. The number of carbonyl (C=O) groups excluding carboxylic acids is 1. The molecule has 1 amide bonds. The van der Waals surface area contributed by atoms with Crippen LogP contribution in [0.25, 0.3) is 0 Å². The normalized spacial score (nSPS) is 18.9. The van der Waals surface area contributed by atoms with Crippen LogP contribution in [-0.2, 0) is 10.2 Å². The van der Waals surface area contributed by atoms with Crippen molar-refractivity contribution in [3.05, 3.63) is 34.7 Å². The number of nitrogens with zero attached hydrogens (tertiary/aromatic N) is 2. The van der Waals surface area contributed by atoms with Crippen LogP contribution in [-0.4, -0.2) is 28.8 Å². The lowest BCUT2D eigenvalue weighted by molar-refractivity contribution is -0.120. The van der Waals surface area contributed by atoms with Crippen molar-refractivity contribution in [2.75, 3.05) is 18.4 Å². The van der Waals surface area contributed by atoms with E-state index in [9.17, 15) is 4.79 Å². The first-order chi connectivity index (χ1) is 10.1. The lowest BCUT2D eigenvalue weighted by Gasteiger charge is -2.21. The van der Waals surface area contributed by atoms with Gasteiger partial charge in [-0.1, -0.05) is 6.07 Å². The molecule has 21 heavy (non-hydrogen) atoms. The molecule has 112 valence electrons. The zero-order valence-corrected chi connectivity index (χ0v) is 13.1. The summed E-state index contributed by atoms with van der Waals surface area (Å²) in [4.78, 5) is 13.6. The number of rotatable bonds is 4. The summed E-state index contributed by atoms with van der Waals surface area (Å²) in [5.74, 6) is 0.594. The monoisotopic (exact) mass is 304 g/mol. The molecule has 0 bridgehead atoms. The van der Waals surface area contributed by atoms with Gasteiger partial charge < -0.3 is 10.6 Å². The van der Waals surface area contributed by atoms with Crippen molar-refractivity contribution in [2.24, 2.45) is 0 Å². The van der Waals surface area contributed by atoms with E-state index < -0.39 is 5.41 Å². The van der Waals surface area contributed by atoms with Gasteiger partial charge in [-0.15, -0.1) is 11.3 Å². The molecular formula is C15H20N4OS. The molecule has 1 saturated heterocycles. The number of amides is 1. The largest absolute Gasteiger partial charge is 0.315 e. The molecule has 2 aromatic heterocycles. The molecular weight excluding hydrogens is 284 g/mol.